The Bertz CT molecular complexity index is 925. The Morgan fingerprint density at radius 3 is 2.32 bits per heavy atom. The highest BCUT2D eigenvalue weighted by atomic mass is 35.5. The molecule has 1 saturated carbocycles. The minimum absolute atomic E-state index is 0.0816. The van der Waals surface area contributed by atoms with Crippen LogP contribution in [0.25, 0.3) is 11.4 Å². The zero-order valence-corrected chi connectivity index (χ0v) is 15.8. The summed E-state index contributed by atoms with van der Waals surface area (Å²) in [6, 6.07) is 14.1. The Labute approximate surface area is 157 Å². The standard InChI is InChI=1S/C20H19Cl2N3/c1-13-4-9-16(17(22)12-13)18-23-24-19(25(18)2)20(10-3-11-20)14-5-7-15(21)8-6-14/h4-9,12H,3,10-11H2,1-2H3. The molecule has 0 unspecified atom stereocenters. The van der Waals surface area contributed by atoms with Crippen molar-refractivity contribution in [2.75, 3.05) is 0 Å². The normalized spacial score (nSPS) is 15.8. The van der Waals surface area contributed by atoms with Crippen molar-refractivity contribution in [2.45, 2.75) is 31.6 Å². The van der Waals surface area contributed by atoms with E-state index in [2.05, 4.69) is 26.9 Å². The Balaban J connectivity index is 1.81. The first-order chi connectivity index (χ1) is 12.0. The number of hydrogen-bond donors (Lipinski definition) is 0. The van der Waals surface area contributed by atoms with Gasteiger partial charge in [-0.25, -0.2) is 0 Å². The summed E-state index contributed by atoms with van der Waals surface area (Å²) in [6.07, 6.45) is 3.33. The predicted molar refractivity (Wildman–Crippen MR) is 102 cm³/mol. The molecule has 0 radical (unpaired) electrons. The Kier molecular flexibility index (Phi) is 4.09. The van der Waals surface area contributed by atoms with Gasteiger partial charge in [-0.15, -0.1) is 10.2 Å². The van der Waals surface area contributed by atoms with Crippen LogP contribution in [0.3, 0.4) is 0 Å². The second kappa shape index (κ2) is 6.15. The summed E-state index contributed by atoms with van der Waals surface area (Å²) in [5.74, 6) is 1.80. The highest BCUT2D eigenvalue weighted by Gasteiger charge is 2.44. The molecular formula is C20H19Cl2N3. The van der Waals surface area contributed by atoms with Gasteiger partial charge in [-0.1, -0.05) is 47.8 Å². The van der Waals surface area contributed by atoms with E-state index in [0.717, 1.165) is 40.6 Å². The van der Waals surface area contributed by atoms with Crippen molar-refractivity contribution in [1.29, 1.82) is 0 Å². The van der Waals surface area contributed by atoms with Crippen LogP contribution in [0.1, 0.15) is 36.2 Å². The van der Waals surface area contributed by atoms with Gasteiger partial charge in [-0.3, -0.25) is 0 Å². The molecule has 3 nitrogen and oxygen atoms in total. The van der Waals surface area contributed by atoms with Gasteiger partial charge in [0.05, 0.1) is 10.4 Å². The number of rotatable bonds is 3. The maximum absolute atomic E-state index is 6.45. The fourth-order valence-corrected chi connectivity index (χ4v) is 4.17. The number of benzene rings is 2. The monoisotopic (exact) mass is 371 g/mol. The quantitative estimate of drug-likeness (QED) is 0.602. The summed E-state index contributed by atoms with van der Waals surface area (Å²) in [4.78, 5) is 0. The fourth-order valence-electron chi connectivity index (χ4n) is 3.72. The average molecular weight is 372 g/mol. The summed E-state index contributed by atoms with van der Waals surface area (Å²) in [5.41, 5.74) is 3.22. The van der Waals surface area contributed by atoms with Gasteiger partial charge in [-0.05, 0) is 55.2 Å². The van der Waals surface area contributed by atoms with Crippen molar-refractivity contribution in [2.24, 2.45) is 7.05 Å². The lowest BCUT2D eigenvalue weighted by Crippen LogP contribution is -2.38. The van der Waals surface area contributed by atoms with Crippen LogP contribution < -0.4 is 0 Å². The highest BCUT2D eigenvalue weighted by Crippen LogP contribution is 2.48. The third kappa shape index (κ3) is 2.66. The van der Waals surface area contributed by atoms with E-state index < -0.39 is 0 Å². The molecule has 0 atom stereocenters. The van der Waals surface area contributed by atoms with Crippen molar-refractivity contribution in [3.8, 4) is 11.4 Å². The third-order valence-corrected chi connectivity index (χ3v) is 5.84. The van der Waals surface area contributed by atoms with E-state index in [1.165, 1.54) is 12.0 Å². The van der Waals surface area contributed by atoms with Crippen molar-refractivity contribution in [3.63, 3.8) is 0 Å². The van der Waals surface area contributed by atoms with Crippen LogP contribution >= 0.6 is 23.2 Å². The molecule has 2 aromatic carbocycles. The molecule has 1 aromatic heterocycles. The van der Waals surface area contributed by atoms with E-state index in [1.807, 2.05) is 44.3 Å². The topological polar surface area (TPSA) is 30.7 Å². The van der Waals surface area contributed by atoms with Crippen LogP contribution in [0.15, 0.2) is 42.5 Å². The molecule has 0 saturated heterocycles. The summed E-state index contributed by atoms with van der Waals surface area (Å²) in [7, 11) is 2.02. The molecule has 0 aliphatic heterocycles. The van der Waals surface area contributed by atoms with Gasteiger partial charge in [0.15, 0.2) is 5.82 Å². The summed E-state index contributed by atoms with van der Waals surface area (Å²) in [5, 5.41) is 10.5. The summed E-state index contributed by atoms with van der Waals surface area (Å²) < 4.78 is 2.09. The number of aromatic nitrogens is 3. The van der Waals surface area contributed by atoms with E-state index in [-0.39, 0.29) is 5.41 Å². The lowest BCUT2D eigenvalue weighted by molar-refractivity contribution is 0.278. The number of halogens is 2. The second-order valence-corrected chi connectivity index (χ2v) is 7.68. The number of nitrogens with zero attached hydrogens (tertiary/aromatic N) is 3. The zero-order valence-electron chi connectivity index (χ0n) is 14.3. The highest BCUT2D eigenvalue weighted by molar-refractivity contribution is 6.33. The van der Waals surface area contributed by atoms with E-state index in [4.69, 9.17) is 23.2 Å². The maximum Gasteiger partial charge on any atom is 0.165 e. The maximum atomic E-state index is 6.45. The molecule has 0 N–H and O–H groups in total. The molecule has 25 heavy (non-hydrogen) atoms. The van der Waals surface area contributed by atoms with Gasteiger partial charge in [0.2, 0.25) is 0 Å². The average Bonchev–Trinajstić information content (AvgIpc) is 2.90. The largest absolute Gasteiger partial charge is 0.313 e. The smallest absolute Gasteiger partial charge is 0.165 e. The lowest BCUT2D eigenvalue weighted by Gasteiger charge is -2.41. The molecule has 1 heterocycles. The lowest BCUT2D eigenvalue weighted by atomic mass is 9.64. The molecule has 1 aliphatic rings. The molecule has 0 amide bonds. The molecule has 0 spiro atoms. The number of aryl methyl sites for hydroxylation is 1. The minimum atomic E-state index is -0.0816. The summed E-state index contributed by atoms with van der Waals surface area (Å²) in [6.45, 7) is 2.03. The van der Waals surface area contributed by atoms with Gasteiger partial charge >= 0.3 is 0 Å². The van der Waals surface area contributed by atoms with Gasteiger partial charge < -0.3 is 4.57 Å². The van der Waals surface area contributed by atoms with Crippen LogP contribution in [0, 0.1) is 6.92 Å². The molecule has 3 aromatic rings. The van der Waals surface area contributed by atoms with Crippen molar-refractivity contribution >= 4 is 23.2 Å². The van der Waals surface area contributed by atoms with Crippen LogP contribution in [0.4, 0.5) is 0 Å². The first kappa shape index (κ1) is 16.6. The molecule has 1 aliphatic carbocycles. The number of hydrogen-bond acceptors (Lipinski definition) is 2. The summed E-state index contributed by atoms with van der Waals surface area (Å²) >= 11 is 12.5. The van der Waals surface area contributed by atoms with Crippen molar-refractivity contribution < 1.29 is 0 Å². The minimum Gasteiger partial charge on any atom is -0.313 e. The zero-order chi connectivity index (χ0) is 17.6. The van der Waals surface area contributed by atoms with Gasteiger partial charge in [0.1, 0.15) is 5.82 Å². The Hall–Kier alpha value is -1.84. The van der Waals surface area contributed by atoms with Crippen LogP contribution in [0.5, 0.6) is 0 Å². The van der Waals surface area contributed by atoms with Crippen LogP contribution in [0.2, 0.25) is 10.0 Å². The predicted octanol–water partition coefficient (Wildman–Crippen LogP) is 5.57. The SMILES string of the molecule is Cc1ccc(-c2nnc(C3(c4ccc(Cl)cc4)CCC3)n2C)c(Cl)c1. The Morgan fingerprint density at radius 1 is 1.00 bits per heavy atom. The van der Waals surface area contributed by atoms with Crippen molar-refractivity contribution in [1.82, 2.24) is 14.8 Å². The van der Waals surface area contributed by atoms with E-state index >= 15 is 0 Å². The third-order valence-electron chi connectivity index (χ3n) is 5.27. The van der Waals surface area contributed by atoms with E-state index in [9.17, 15) is 0 Å². The molecular weight excluding hydrogens is 353 g/mol. The second-order valence-electron chi connectivity index (χ2n) is 6.83. The Morgan fingerprint density at radius 2 is 1.72 bits per heavy atom. The van der Waals surface area contributed by atoms with Crippen molar-refractivity contribution in [3.05, 3.63) is 69.5 Å². The van der Waals surface area contributed by atoms with Gasteiger partial charge in [0, 0.05) is 17.6 Å². The van der Waals surface area contributed by atoms with Gasteiger partial charge in [0.25, 0.3) is 0 Å². The van der Waals surface area contributed by atoms with E-state index in [0.29, 0.717) is 5.02 Å². The first-order valence-corrected chi connectivity index (χ1v) is 9.19. The molecule has 0 bridgehead atoms. The van der Waals surface area contributed by atoms with Gasteiger partial charge in [-0.2, -0.15) is 0 Å². The molecule has 4 rings (SSSR count). The van der Waals surface area contributed by atoms with Crippen LogP contribution in [-0.4, -0.2) is 14.8 Å². The first-order valence-electron chi connectivity index (χ1n) is 8.44. The molecule has 1 fully saturated rings. The van der Waals surface area contributed by atoms with E-state index in [1.54, 1.807) is 0 Å². The molecule has 128 valence electrons. The fraction of sp³-hybridized carbons (Fsp3) is 0.300. The molecule has 5 heteroatoms. The van der Waals surface area contributed by atoms with Crippen LogP contribution in [-0.2, 0) is 12.5 Å².